The van der Waals surface area contributed by atoms with Crippen molar-refractivity contribution in [1.29, 1.82) is 0 Å². The molecule has 1 aromatic rings. The summed E-state index contributed by atoms with van der Waals surface area (Å²) in [6, 6.07) is 0.199. The van der Waals surface area contributed by atoms with E-state index in [1.807, 2.05) is 20.1 Å². The smallest absolute Gasteiger partial charge is 0.339 e. The van der Waals surface area contributed by atoms with Crippen LogP contribution in [-0.2, 0) is 5.75 Å². The first-order valence-corrected chi connectivity index (χ1v) is 5.76. The number of rotatable bonds is 4. The van der Waals surface area contributed by atoms with Crippen LogP contribution in [0.4, 0.5) is 0 Å². The molecular formula is C9H14N2O2S. The SMILES string of the molecule is CSCc1c(C(=O)O)cnn1C(C)C. The van der Waals surface area contributed by atoms with E-state index in [9.17, 15) is 4.79 Å². The minimum absolute atomic E-state index is 0.199. The zero-order valence-electron chi connectivity index (χ0n) is 8.52. The van der Waals surface area contributed by atoms with Crippen LogP contribution in [0.15, 0.2) is 6.20 Å². The summed E-state index contributed by atoms with van der Waals surface area (Å²) >= 11 is 1.60. The van der Waals surface area contributed by atoms with Gasteiger partial charge in [0.2, 0.25) is 0 Å². The molecule has 0 amide bonds. The van der Waals surface area contributed by atoms with E-state index in [1.54, 1.807) is 16.4 Å². The highest BCUT2D eigenvalue weighted by Crippen LogP contribution is 2.18. The van der Waals surface area contributed by atoms with Gasteiger partial charge in [0.1, 0.15) is 5.56 Å². The number of hydrogen-bond acceptors (Lipinski definition) is 3. The van der Waals surface area contributed by atoms with Gasteiger partial charge in [0.25, 0.3) is 0 Å². The second kappa shape index (κ2) is 4.50. The van der Waals surface area contributed by atoms with Crippen LogP contribution in [-0.4, -0.2) is 27.1 Å². The predicted octanol–water partition coefficient (Wildman–Crippen LogP) is 2.03. The van der Waals surface area contributed by atoms with E-state index in [1.165, 1.54) is 6.20 Å². The normalized spacial score (nSPS) is 10.9. The van der Waals surface area contributed by atoms with E-state index in [0.29, 0.717) is 11.3 Å². The van der Waals surface area contributed by atoms with Crippen LogP contribution in [0.1, 0.15) is 35.9 Å². The molecule has 0 bridgehead atoms. The van der Waals surface area contributed by atoms with Gasteiger partial charge in [0.15, 0.2) is 0 Å². The summed E-state index contributed by atoms with van der Waals surface area (Å²) in [5.41, 5.74) is 1.10. The highest BCUT2D eigenvalue weighted by atomic mass is 32.2. The summed E-state index contributed by atoms with van der Waals surface area (Å²) in [7, 11) is 0. The Morgan fingerprint density at radius 3 is 2.79 bits per heavy atom. The van der Waals surface area contributed by atoms with Crippen molar-refractivity contribution in [3.05, 3.63) is 17.5 Å². The number of aromatic nitrogens is 2. The van der Waals surface area contributed by atoms with Crippen molar-refractivity contribution in [1.82, 2.24) is 9.78 Å². The minimum atomic E-state index is -0.902. The lowest BCUT2D eigenvalue weighted by atomic mass is 10.2. The second-order valence-electron chi connectivity index (χ2n) is 3.28. The van der Waals surface area contributed by atoms with Crippen molar-refractivity contribution in [3.63, 3.8) is 0 Å². The molecule has 0 unspecified atom stereocenters. The van der Waals surface area contributed by atoms with Gasteiger partial charge in [-0.3, -0.25) is 4.68 Å². The van der Waals surface area contributed by atoms with Crippen LogP contribution in [0.3, 0.4) is 0 Å². The van der Waals surface area contributed by atoms with Gasteiger partial charge in [-0.15, -0.1) is 0 Å². The maximum absolute atomic E-state index is 10.9. The fourth-order valence-electron chi connectivity index (χ4n) is 1.29. The third kappa shape index (κ3) is 2.09. The average molecular weight is 214 g/mol. The Labute approximate surface area is 87.3 Å². The lowest BCUT2D eigenvalue weighted by molar-refractivity contribution is 0.0696. The summed E-state index contributed by atoms with van der Waals surface area (Å²) in [5, 5.41) is 13.0. The third-order valence-corrected chi connectivity index (χ3v) is 2.46. The molecule has 78 valence electrons. The fraction of sp³-hybridized carbons (Fsp3) is 0.556. The summed E-state index contributed by atoms with van der Waals surface area (Å²) in [6.45, 7) is 3.98. The lowest BCUT2D eigenvalue weighted by Gasteiger charge is -2.10. The molecule has 1 aromatic heterocycles. The van der Waals surface area contributed by atoms with E-state index in [4.69, 9.17) is 5.11 Å². The minimum Gasteiger partial charge on any atom is -0.478 e. The standard InChI is InChI=1S/C9H14N2O2S/c1-6(2)11-8(5-14-3)7(4-10-11)9(12)13/h4,6H,5H2,1-3H3,(H,12,13). The number of thioether (sulfide) groups is 1. The number of carboxylic acids is 1. The van der Waals surface area contributed by atoms with Crippen molar-refractivity contribution >= 4 is 17.7 Å². The molecule has 0 saturated carbocycles. The van der Waals surface area contributed by atoms with Crippen molar-refractivity contribution in [2.45, 2.75) is 25.6 Å². The van der Waals surface area contributed by atoms with Crippen LogP contribution in [0.25, 0.3) is 0 Å². The van der Waals surface area contributed by atoms with E-state index in [-0.39, 0.29) is 6.04 Å². The van der Waals surface area contributed by atoms with E-state index in [0.717, 1.165) is 5.69 Å². The Morgan fingerprint density at radius 1 is 1.71 bits per heavy atom. The molecule has 0 aromatic carbocycles. The van der Waals surface area contributed by atoms with Crippen LogP contribution in [0, 0.1) is 0 Å². The number of carbonyl (C=O) groups is 1. The van der Waals surface area contributed by atoms with Gasteiger partial charge in [0, 0.05) is 11.8 Å². The Balaban J connectivity index is 3.13. The summed E-state index contributed by atoms with van der Waals surface area (Å²) in [4.78, 5) is 10.9. The predicted molar refractivity (Wildman–Crippen MR) is 56.8 cm³/mol. The van der Waals surface area contributed by atoms with Gasteiger partial charge >= 0.3 is 5.97 Å². The molecule has 1 N–H and O–H groups in total. The molecular weight excluding hydrogens is 200 g/mol. The Kier molecular flexibility index (Phi) is 3.57. The molecule has 0 aliphatic carbocycles. The topological polar surface area (TPSA) is 55.1 Å². The molecule has 0 spiro atoms. The molecule has 0 aliphatic rings. The quantitative estimate of drug-likeness (QED) is 0.833. The average Bonchev–Trinajstić information content (AvgIpc) is 2.48. The molecule has 0 atom stereocenters. The number of carboxylic acid groups (broad SMARTS) is 1. The van der Waals surface area contributed by atoms with E-state index < -0.39 is 5.97 Å². The van der Waals surface area contributed by atoms with Crippen LogP contribution < -0.4 is 0 Å². The summed E-state index contributed by atoms with van der Waals surface area (Å²) in [5.74, 6) is -0.222. The van der Waals surface area contributed by atoms with Gasteiger partial charge in [0.05, 0.1) is 11.9 Å². The molecule has 0 saturated heterocycles. The lowest BCUT2D eigenvalue weighted by Crippen LogP contribution is -2.09. The first-order valence-electron chi connectivity index (χ1n) is 4.36. The van der Waals surface area contributed by atoms with E-state index in [2.05, 4.69) is 5.10 Å². The Bertz CT molecular complexity index is 334. The monoisotopic (exact) mass is 214 g/mol. The first kappa shape index (κ1) is 11.1. The maximum atomic E-state index is 10.9. The molecule has 0 fully saturated rings. The summed E-state index contributed by atoms with van der Waals surface area (Å²) < 4.78 is 1.76. The van der Waals surface area contributed by atoms with Crippen LogP contribution in [0.5, 0.6) is 0 Å². The van der Waals surface area contributed by atoms with Crippen molar-refractivity contribution in [3.8, 4) is 0 Å². The Morgan fingerprint density at radius 2 is 2.36 bits per heavy atom. The number of aromatic carboxylic acids is 1. The van der Waals surface area contributed by atoms with Crippen LogP contribution >= 0.6 is 11.8 Å². The molecule has 4 nitrogen and oxygen atoms in total. The number of nitrogens with zero attached hydrogens (tertiary/aromatic N) is 2. The van der Waals surface area contributed by atoms with Gasteiger partial charge in [-0.1, -0.05) is 0 Å². The molecule has 0 radical (unpaired) electrons. The molecule has 1 rings (SSSR count). The summed E-state index contributed by atoms with van der Waals surface area (Å²) in [6.07, 6.45) is 3.37. The van der Waals surface area contributed by atoms with Crippen molar-refractivity contribution in [2.24, 2.45) is 0 Å². The third-order valence-electron chi connectivity index (χ3n) is 1.90. The van der Waals surface area contributed by atoms with Gasteiger partial charge in [-0.2, -0.15) is 16.9 Å². The van der Waals surface area contributed by atoms with Crippen molar-refractivity contribution in [2.75, 3.05) is 6.26 Å². The first-order chi connectivity index (χ1) is 6.57. The molecule has 14 heavy (non-hydrogen) atoms. The van der Waals surface area contributed by atoms with E-state index >= 15 is 0 Å². The zero-order chi connectivity index (χ0) is 10.7. The molecule has 0 aliphatic heterocycles. The van der Waals surface area contributed by atoms with Gasteiger partial charge in [-0.25, -0.2) is 4.79 Å². The van der Waals surface area contributed by atoms with Gasteiger partial charge < -0.3 is 5.11 Å². The fourth-order valence-corrected chi connectivity index (χ4v) is 1.85. The second-order valence-corrected chi connectivity index (χ2v) is 4.15. The molecule has 5 heteroatoms. The highest BCUT2D eigenvalue weighted by molar-refractivity contribution is 7.97. The largest absolute Gasteiger partial charge is 0.478 e. The van der Waals surface area contributed by atoms with Crippen molar-refractivity contribution < 1.29 is 9.90 Å². The zero-order valence-corrected chi connectivity index (χ0v) is 9.34. The van der Waals surface area contributed by atoms with Gasteiger partial charge in [-0.05, 0) is 20.1 Å². The number of hydrogen-bond donors (Lipinski definition) is 1. The van der Waals surface area contributed by atoms with Crippen LogP contribution in [0.2, 0.25) is 0 Å². The Hall–Kier alpha value is -0.970. The highest BCUT2D eigenvalue weighted by Gasteiger charge is 2.17. The molecule has 1 heterocycles. The maximum Gasteiger partial charge on any atom is 0.339 e.